The first kappa shape index (κ1) is 18.4. The Kier molecular flexibility index (Phi) is 4.97. The number of aromatic nitrogens is 5. The number of amides is 1. The number of carbonyl (C=O) groups is 1. The molecule has 0 radical (unpaired) electrons. The summed E-state index contributed by atoms with van der Waals surface area (Å²) in [6, 6.07) is 1.68. The summed E-state index contributed by atoms with van der Waals surface area (Å²) in [6.45, 7) is 1.60. The minimum Gasteiger partial charge on any atom is -0.384 e. The van der Waals surface area contributed by atoms with E-state index in [0.29, 0.717) is 31.1 Å². The summed E-state index contributed by atoms with van der Waals surface area (Å²) in [6.07, 6.45) is 7.06. The van der Waals surface area contributed by atoms with Crippen LogP contribution >= 0.6 is 0 Å². The fourth-order valence-electron chi connectivity index (χ4n) is 3.63. The third-order valence-corrected chi connectivity index (χ3v) is 5.13. The van der Waals surface area contributed by atoms with Gasteiger partial charge in [-0.3, -0.25) is 9.48 Å². The molecule has 148 valence electrons. The average Bonchev–Trinajstić information content (AvgIpc) is 3.32. The molecule has 6 N–H and O–H groups in total. The number of hydrogen-bond donors (Lipinski definition) is 4. The van der Waals surface area contributed by atoms with E-state index in [1.165, 1.54) is 0 Å². The van der Waals surface area contributed by atoms with Gasteiger partial charge in [-0.1, -0.05) is 0 Å². The molecule has 0 aromatic carbocycles. The zero-order chi connectivity index (χ0) is 19.7. The third kappa shape index (κ3) is 3.43. The summed E-state index contributed by atoms with van der Waals surface area (Å²) in [7, 11) is 1.87. The van der Waals surface area contributed by atoms with E-state index in [-0.39, 0.29) is 17.9 Å². The highest BCUT2D eigenvalue weighted by atomic mass is 16.2. The van der Waals surface area contributed by atoms with Crippen molar-refractivity contribution in [1.29, 1.82) is 0 Å². The zero-order valence-electron chi connectivity index (χ0n) is 15.8. The lowest BCUT2D eigenvalue weighted by molar-refractivity contribution is -0.123. The third-order valence-electron chi connectivity index (χ3n) is 5.13. The van der Waals surface area contributed by atoms with Crippen molar-refractivity contribution in [2.45, 2.75) is 24.8 Å². The van der Waals surface area contributed by atoms with E-state index in [0.717, 1.165) is 29.7 Å². The maximum atomic E-state index is 12.1. The van der Waals surface area contributed by atoms with Crippen LogP contribution in [0.4, 0.5) is 5.82 Å². The molecule has 4 heterocycles. The molecule has 0 bridgehead atoms. The average molecular weight is 383 g/mol. The first-order valence-corrected chi connectivity index (χ1v) is 9.41. The van der Waals surface area contributed by atoms with Crippen LogP contribution in [0.5, 0.6) is 0 Å². The monoisotopic (exact) mass is 383 g/mol. The molecule has 0 aliphatic carbocycles. The summed E-state index contributed by atoms with van der Waals surface area (Å²) in [5, 5.41) is 14.7. The van der Waals surface area contributed by atoms with E-state index in [2.05, 4.69) is 20.8 Å². The van der Waals surface area contributed by atoms with Crippen LogP contribution in [0, 0.1) is 0 Å². The minimum absolute atomic E-state index is 0.00137. The standard InChI is InChI=1S/C18H25N9O/c1-26-10-12(8-23-26)13-9-24-27-16(20)6-15(25-17(13)27)11-2-3-14(22-7-11)18(28)21-5-4-19/h6,8-11,14,22H,2-5,7,19-20H2,1H3,(H,21,28)/t11-,14-/m0/s1. The predicted molar refractivity (Wildman–Crippen MR) is 105 cm³/mol. The molecule has 2 atom stereocenters. The molecule has 1 fully saturated rings. The SMILES string of the molecule is Cn1cc(-c2cnn3c(N)cc([C@H]4CC[C@@H](C(=O)NCCN)NC4)nc23)cn1. The first-order chi connectivity index (χ1) is 13.6. The molecule has 3 aromatic heterocycles. The lowest BCUT2D eigenvalue weighted by Crippen LogP contribution is -2.49. The second kappa shape index (κ2) is 7.56. The molecule has 3 aromatic rings. The van der Waals surface area contributed by atoms with Crippen LogP contribution in [0.25, 0.3) is 16.8 Å². The number of rotatable bonds is 5. The van der Waals surface area contributed by atoms with E-state index >= 15 is 0 Å². The van der Waals surface area contributed by atoms with Crippen molar-refractivity contribution in [3.63, 3.8) is 0 Å². The largest absolute Gasteiger partial charge is 0.384 e. The molecule has 1 aliphatic rings. The Labute approximate surface area is 162 Å². The topological polar surface area (TPSA) is 141 Å². The van der Waals surface area contributed by atoms with Gasteiger partial charge >= 0.3 is 0 Å². The van der Waals surface area contributed by atoms with Gasteiger partial charge in [0, 0.05) is 56.0 Å². The number of nitrogens with two attached hydrogens (primary N) is 2. The van der Waals surface area contributed by atoms with Gasteiger partial charge in [-0.25, -0.2) is 4.98 Å². The van der Waals surface area contributed by atoms with Crippen LogP contribution in [0.1, 0.15) is 24.5 Å². The molecule has 10 nitrogen and oxygen atoms in total. The Morgan fingerprint density at radius 1 is 1.36 bits per heavy atom. The van der Waals surface area contributed by atoms with Crippen molar-refractivity contribution < 1.29 is 4.79 Å². The van der Waals surface area contributed by atoms with Gasteiger partial charge in [0.15, 0.2) is 5.65 Å². The van der Waals surface area contributed by atoms with Crippen LogP contribution in [0.15, 0.2) is 24.7 Å². The van der Waals surface area contributed by atoms with Gasteiger partial charge < -0.3 is 22.1 Å². The molecule has 4 rings (SSSR count). The summed E-state index contributed by atoms with van der Waals surface area (Å²) < 4.78 is 3.39. The molecule has 0 saturated carbocycles. The van der Waals surface area contributed by atoms with Gasteiger partial charge in [-0.2, -0.15) is 14.7 Å². The van der Waals surface area contributed by atoms with Crippen LogP contribution in [-0.4, -0.2) is 56.0 Å². The fraction of sp³-hybridized carbons (Fsp3) is 0.444. The highest BCUT2D eigenvalue weighted by molar-refractivity contribution is 5.82. The van der Waals surface area contributed by atoms with Crippen LogP contribution in [0.3, 0.4) is 0 Å². The smallest absolute Gasteiger partial charge is 0.237 e. The Morgan fingerprint density at radius 2 is 2.21 bits per heavy atom. The summed E-state index contributed by atoms with van der Waals surface area (Å²) in [5.74, 6) is 0.724. The number of fused-ring (bicyclic) bond motifs is 1. The second-order valence-electron chi connectivity index (χ2n) is 7.12. The van der Waals surface area contributed by atoms with Crippen LogP contribution in [-0.2, 0) is 11.8 Å². The molecule has 0 unspecified atom stereocenters. The van der Waals surface area contributed by atoms with E-state index in [4.69, 9.17) is 16.5 Å². The molecule has 10 heteroatoms. The van der Waals surface area contributed by atoms with E-state index in [9.17, 15) is 4.79 Å². The number of carbonyl (C=O) groups excluding carboxylic acids is 1. The molecular formula is C18H25N9O. The van der Waals surface area contributed by atoms with Gasteiger partial charge in [-0.15, -0.1) is 0 Å². The highest BCUT2D eigenvalue weighted by Crippen LogP contribution is 2.29. The molecule has 0 spiro atoms. The number of nitrogens with zero attached hydrogens (tertiary/aromatic N) is 5. The van der Waals surface area contributed by atoms with Gasteiger partial charge in [0.25, 0.3) is 0 Å². The van der Waals surface area contributed by atoms with Gasteiger partial charge in [0.2, 0.25) is 5.91 Å². The Bertz CT molecular complexity index is 984. The number of anilines is 1. The number of aryl methyl sites for hydroxylation is 1. The lowest BCUT2D eigenvalue weighted by Gasteiger charge is -2.29. The van der Waals surface area contributed by atoms with E-state index in [1.807, 2.05) is 19.3 Å². The van der Waals surface area contributed by atoms with Gasteiger partial charge in [0.05, 0.1) is 24.1 Å². The van der Waals surface area contributed by atoms with Crippen molar-refractivity contribution in [2.24, 2.45) is 12.8 Å². The Balaban J connectivity index is 1.56. The number of hydrogen-bond acceptors (Lipinski definition) is 7. The molecule has 1 aliphatic heterocycles. The maximum Gasteiger partial charge on any atom is 0.237 e. The van der Waals surface area contributed by atoms with Gasteiger partial charge in [-0.05, 0) is 12.8 Å². The second-order valence-corrected chi connectivity index (χ2v) is 7.12. The summed E-state index contributed by atoms with van der Waals surface area (Å²) >= 11 is 0. The Morgan fingerprint density at radius 3 is 2.89 bits per heavy atom. The van der Waals surface area contributed by atoms with Gasteiger partial charge in [0.1, 0.15) is 5.82 Å². The molecule has 1 amide bonds. The lowest BCUT2D eigenvalue weighted by atomic mass is 9.91. The number of piperidine rings is 1. The zero-order valence-corrected chi connectivity index (χ0v) is 15.8. The van der Waals surface area contributed by atoms with Crippen LogP contribution < -0.4 is 22.1 Å². The van der Waals surface area contributed by atoms with Crippen LogP contribution in [0.2, 0.25) is 0 Å². The quantitative estimate of drug-likeness (QED) is 0.471. The minimum atomic E-state index is -0.190. The normalized spacial score (nSPS) is 19.8. The Hall–Kier alpha value is -2.98. The molecule has 1 saturated heterocycles. The first-order valence-electron chi connectivity index (χ1n) is 9.41. The summed E-state index contributed by atoms with van der Waals surface area (Å²) in [5.41, 5.74) is 15.1. The van der Waals surface area contributed by atoms with Crippen molar-refractivity contribution in [2.75, 3.05) is 25.4 Å². The fourth-order valence-corrected chi connectivity index (χ4v) is 3.63. The maximum absolute atomic E-state index is 12.1. The van der Waals surface area contributed by atoms with E-state index in [1.54, 1.807) is 21.6 Å². The van der Waals surface area contributed by atoms with Crippen molar-refractivity contribution in [3.05, 3.63) is 30.4 Å². The predicted octanol–water partition coefficient (Wildman–Crippen LogP) is -0.377. The van der Waals surface area contributed by atoms with Crippen molar-refractivity contribution in [1.82, 2.24) is 35.0 Å². The van der Waals surface area contributed by atoms with Crippen molar-refractivity contribution >= 4 is 17.4 Å². The van der Waals surface area contributed by atoms with E-state index < -0.39 is 0 Å². The number of nitrogen functional groups attached to an aromatic ring is 1. The molecular weight excluding hydrogens is 358 g/mol. The molecule has 28 heavy (non-hydrogen) atoms. The number of nitrogens with one attached hydrogen (secondary N) is 2. The highest BCUT2D eigenvalue weighted by Gasteiger charge is 2.28. The summed E-state index contributed by atoms with van der Waals surface area (Å²) in [4.78, 5) is 17.0. The van der Waals surface area contributed by atoms with Crippen molar-refractivity contribution in [3.8, 4) is 11.1 Å².